The van der Waals surface area contributed by atoms with Crippen molar-refractivity contribution in [1.29, 1.82) is 0 Å². The number of fused-ring (bicyclic) bond motifs is 1. The Kier molecular flexibility index (Phi) is 2.95. The van der Waals surface area contributed by atoms with Crippen molar-refractivity contribution in [2.75, 3.05) is 0 Å². The van der Waals surface area contributed by atoms with Crippen LogP contribution in [0.15, 0.2) is 42.6 Å². The number of hydrogen-bond acceptors (Lipinski definition) is 2. The van der Waals surface area contributed by atoms with E-state index in [2.05, 4.69) is 5.10 Å². The van der Waals surface area contributed by atoms with E-state index in [-0.39, 0.29) is 5.69 Å². The van der Waals surface area contributed by atoms with E-state index in [1.54, 1.807) is 22.8 Å². The molecule has 2 heterocycles. The van der Waals surface area contributed by atoms with Crippen LogP contribution in [0.25, 0.3) is 16.6 Å². The molecule has 0 saturated heterocycles. The van der Waals surface area contributed by atoms with E-state index in [1.165, 1.54) is 0 Å². The third kappa shape index (κ3) is 1.94. The van der Waals surface area contributed by atoms with Gasteiger partial charge in [0.1, 0.15) is 0 Å². The molecule has 0 unspecified atom stereocenters. The summed E-state index contributed by atoms with van der Waals surface area (Å²) < 4.78 is 1.58. The maximum Gasteiger partial charge on any atom is 0.357 e. The quantitative estimate of drug-likeness (QED) is 0.782. The highest BCUT2D eigenvalue weighted by molar-refractivity contribution is 6.33. The predicted molar refractivity (Wildman–Crippen MR) is 77.3 cm³/mol. The summed E-state index contributed by atoms with van der Waals surface area (Å²) in [6, 6.07) is 10.9. The molecule has 0 aliphatic heterocycles. The number of carboxylic acid groups (broad SMARTS) is 1. The van der Waals surface area contributed by atoms with Gasteiger partial charge in [-0.15, -0.1) is 0 Å². The molecule has 100 valence electrons. The molecule has 1 aromatic carbocycles. The Balaban J connectivity index is 2.41. The second-order valence-electron chi connectivity index (χ2n) is 4.54. The summed E-state index contributed by atoms with van der Waals surface area (Å²) >= 11 is 6.19. The van der Waals surface area contributed by atoms with Crippen LogP contribution >= 0.6 is 11.6 Å². The van der Waals surface area contributed by atoms with Gasteiger partial charge in [-0.25, -0.2) is 9.31 Å². The molecular weight excluding hydrogens is 276 g/mol. The lowest BCUT2D eigenvalue weighted by atomic mass is 10.0. The van der Waals surface area contributed by atoms with E-state index < -0.39 is 5.97 Å². The third-order valence-electron chi connectivity index (χ3n) is 3.12. The van der Waals surface area contributed by atoms with Crippen LogP contribution in [-0.2, 0) is 0 Å². The lowest BCUT2D eigenvalue weighted by molar-refractivity contribution is 0.0691. The second-order valence-corrected chi connectivity index (χ2v) is 4.95. The summed E-state index contributed by atoms with van der Waals surface area (Å²) in [5.41, 5.74) is 2.95. The van der Waals surface area contributed by atoms with Crippen molar-refractivity contribution in [2.24, 2.45) is 0 Å². The van der Waals surface area contributed by atoms with Crippen molar-refractivity contribution in [3.05, 3.63) is 58.9 Å². The standard InChI is InChI=1S/C15H11ClN2O2/c1-9-6-7-12-13(10-4-2-3-5-11(10)16)14(15(19)20)17-18(12)8-9/h2-8H,1H3,(H,19,20). The summed E-state index contributed by atoms with van der Waals surface area (Å²) in [5.74, 6) is -1.07. The van der Waals surface area contributed by atoms with Crippen molar-refractivity contribution in [1.82, 2.24) is 9.61 Å². The largest absolute Gasteiger partial charge is 0.476 e. The van der Waals surface area contributed by atoms with Crippen LogP contribution in [0.1, 0.15) is 16.1 Å². The molecule has 20 heavy (non-hydrogen) atoms. The van der Waals surface area contributed by atoms with Crippen LogP contribution < -0.4 is 0 Å². The fourth-order valence-electron chi connectivity index (χ4n) is 2.23. The number of nitrogens with zero attached hydrogens (tertiary/aromatic N) is 2. The molecule has 0 aliphatic rings. The molecule has 0 aliphatic carbocycles. The van der Waals surface area contributed by atoms with Gasteiger partial charge < -0.3 is 5.11 Å². The lowest BCUT2D eigenvalue weighted by Crippen LogP contribution is -1.99. The van der Waals surface area contributed by atoms with Gasteiger partial charge in [-0.3, -0.25) is 0 Å². The number of carboxylic acids is 1. The molecule has 4 nitrogen and oxygen atoms in total. The number of rotatable bonds is 2. The highest BCUT2D eigenvalue weighted by atomic mass is 35.5. The Morgan fingerprint density at radius 3 is 2.70 bits per heavy atom. The van der Waals surface area contributed by atoms with E-state index in [1.807, 2.05) is 31.2 Å². The highest BCUT2D eigenvalue weighted by Crippen LogP contribution is 2.33. The minimum Gasteiger partial charge on any atom is -0.476 e. The van der Waals surface area contributed by atoms with Gasteiger partial charge in [-0.2, -0.15) is 5.10 Å². The van der Waals surface area contributed by atoms with Gasteiger partial charge in [0.15, 0.2) is 5.69 Å². The average Bonchev–Trinajstić information content (AvgIpc) is 2.78. The molecular formula is C15H11ClN2O2. The van der Waals surface area contributed by atoms with Gasteiger partial charge in [0, 0.05) is 22.3 Å². The highest BCUT2D eigenvalue weighted by Gasteiger charge is 2.21. The normalized spacial score (nSPS) is 10.9. The number of benzene rings is 1. The van der Waals surface area contributed by atoms with Gasteiger partial charge in [0.2, 0.25) is 0 Å². The first-order valence-electron chi connectivity index (χ1n) is 6.05. The van der Waals surface area contributed by atoms with Crippen molar-refractivity contribution in [3.8, 4) is 11.1 Å². The van der Waals surface area contributed by atoms with E-state index in [0.717, 1.165) is 11.1 Å². The Morgan fingerprint density at radius 2 is 2.00 bits per heavy atom. The van der Waals surface area contributed by atoms with Gasteiger partial charge >= 0.3 is 5.97 Å². The van der Waals surface area contributed by atoms with Crippen LogP contribution in [0.4, 0.5) is 0 Å². The van der Waals surface area contributed by atoms with Crippen LogP contribution in [-0.4, -0.2) is 20.7 Å². The minimum absolute atomic E-state index is 0.00343. The van der Waals surface area contributed by atoms with Crippen molar-refractivity contribution >= 4 is 23.1 Å². The fraction of sp³-hybridized carbons (Fsp3) is 0.0667. The number of hydrogen-bond donors (Lipinski definition) is 1. The Labute approximate surface area is 120 Å². The number of halogens is 1. The van der Waals surface area contributed by atoms with Crippen molar-refractivity contribution in [3.63, 3.8) is 0 Å². The topological polar surface area (TPSA) is 54.6 Å². The minimum atomic E-state index is -1.07. The fourth-order valence-corrected chi connectivity index (χ4v) is 2.46. The van der Waals surface area contributed by atoms with Gasteiger partial charge in [-0.1, -0.05) is 35.9 Å². The first-order valence-corrected chi connectivity index (χ1v) is 6.43. The number of pyridine rings is 1. The number of aromatic nitrogens is 2. The van der Waals surface area contributed by atoms with Crippen LogP contribution in [0.3, 0.4) is 0 Å². The summed E-state index contributed by atoms with van der Waals surface area (Å²) in [6.45, 7) is 1.93. The number of aryl methyl sites for hydroxylation is 1. The van der Waals surface area contributed by atoms with E-state index >= 15 is 0 Å². The average molecular weight is 287 g/mol. The molecule has 3 aromatic rings. The molecule has 0 atom stereocenters. The van der Waals surface area contributed by atoms with Crippen LogP contribution in [0.5, 0.6) is 0 Å². The molecule has 0 bridgehead atoms. The molecule has 0 fully saturated rings. The predicted octanol–water partition coefficient (Wildman–Crippen LogP) is 3.66. The smallest absolute Gasteiger partial charge is 0.357 e. The van der Waals surface area contributed by atoms with Crippen molar-refractivity contribution < 1.29 is 9.90 Å². The first kappa shape index (κ1) is 12.7. The second kappa shape index (κ2) is 4.65. The lowest BCUT2D eigenvalue weighted by Gasteiger charge is -2.04. The molecule has 2 aromatic heterocycles. The number of carbonyl (C=O) groups is 1. The first-order chi connectivity index (χ1) is 9.58. The summed E-state index contributed by atoms with van der Waals surface area (Å²) in [6.07, 6.45) is 1.79. The zero-order valence-electron chi connectivity index (χ0n) is 10.7. The van der Waals surface area contributed by atoms with E-state index in [0.29, 0.717) is 16.1 Å². The summed E-state index contributed by atoms with van der Waals surface area (Å²) in [7, 11) is 0. The van der Waals surface area contributed by atoms with E-state index in [9.17, 15) is 9.90 Å². The molecule has 0 spiro atoms. The molecule has 3 rings (SSSR count). The molecule has 5 heteroatoms. The van der Waals surface area contributed by atoms with Gasteiger partial charge in [0.05, 0.1) is 5.52 Å². The van der Waals surface area contributed by atoms with E-state index in [4.69, 9.17) is 11.6 Å². The molecule has 0 radical (unpaired) electrons. The number of aromatic carboxylic acids is 1. The summed E-state index contributed by atoms with van der Waals surface area (Å²) in [4.78, 5) is 11.4. The maximum absolute atomic E-state index is 11.4. The zero-order valence-corrected chi connectivity index (χ0v) is 11.4. The van der Waals surface area contributed by atoms with Crippen LogP contribution in [0, 0.1) is 6.92 Å². The molecule has 0 saturated carbocycles. The van der Waals surface area contributed by atoms with Gasteiger partial charge in [-0.05, 0) is 24.6 Å². The van der Waals surface area contributed by atoms with Crippen molar-refractivity contribution in [2.45, 2.75) is 6.92 Å². The monoisotopic (exact) mass is 286 g/mol. The Morgan fingerprint density at radius 1 is 1.25 bits per heavy atom. The SMILES string of the molecule is Cc1ccc2c(-c3ccccc3Cl)c(C(=O)O)nn2c1. The Hall–Kier alpha value is -2.33. The molecule has 0 amide bonds. The third-order valence-corrected chi connectivity index (χ3v) is 3.45. The Bertz CT molecular complexity index is 824. The van der Waals surface area contributed by atoms with Gasteiger partial charge in [0.25, 0.3) is 0 Å². The zero-order chi connectivity index (χ0) is 14.3. The summed E-state index contributed by atoms with van der Waals surface area (Å²) in [5, 5.41) is 14.0. The van der Waals surface area contributed by atoms with Crippen LogP contribution in [0.2, 0.25) is 5.02 Å². The maximum atomic E-state index is 11.4. The molecule has 1 N–H and O–H groups in total.